The zero-order valence-corrected chi connectivity index (χ0v) is 42.7. The van der Waals surface area contributed by atoms with E-state index < -0.39 is 0 Å². The number of ether oxygens (including phenoxy) is 6. The lowest BCUT2D eigenvalue weighted by molar-refractivity contribution is -0.123. The highest BCUT2D eigenvalue weighted by molar-refractivity contribution is 6.26. The van der Waals surface area contributed by atoms with Crippen LogP contribution in [0.2, 0.25) is 0 Å². The van der Waals surface area contributed by atoms with Gasteiger partial charge in [-0.2, -0.15) is 0 Å². The third-order valence-corrected chi connectivity index (χ3v) is 12.6. The molecule has 8 heteroatoms. The van der Waals surface area contributed by atoms with Crippen molar-refractivity contribution in [3.63, 3.8) is 0 Å². The van der Waals surface area contributed by atoms with E-state index in [9.17, 15) is 4.79 Å². The first-order valence-corrected chi connectivity index (χ1v) is 27.1. The Hall–Kier alpha value is -4.07. The van der Waals surface area contributed by atoms with E-state index in [0.717, 1.165) is 145 Å². The molecule has 0 aliphatic carbocycles. The number of amides is 1. The molecular weight excluding hydrogens is 823 g/mol. The summed E-state index contributed by atoms with van der Waals surface area (Å²) in [4.78, 5) is 13.2. The molecule has 0 spiro atoms. The van der Waals surface area contributed by atoms with Crippen LogP contribution in [0.25, 0.3) is 32.3 Å². The molecule has 4 aromatic rings. The molecule has 0 bridgehead atoms. The van der Waals surface area contributed by atoms with Gasteiger partial charge in [0.2, 0.25) is 0 Å². The van der Waals surface area contributed by atoms with Crippen molar-refractivity contribution in [1.29, 1.82) is 0 Å². The van der Waals surface area contributed by atoms with Crippen molar-refractivity contribution in [2.75, 3.05) is 46.2 Å². The maximum absolute atomic E-state index is 13.2. The third kappa shape index (κ3) is 18.9. The van der Waals surface area contributed by atoms with Crippen LogP contribution in [0.3, 0.4) is 0 Å². The number of carbonyl (C=O) groups is 1. The van der Waals surface area contributed by atoms with Crippen molar-refractivity contribution >= 4 is 38.2 Å². The van der Waals surface area contributed by atoms with Crippen molar-refractivity contribution in [2.45, 2.75) is 208 Å². The summed E-state index contributed by atoms with van der Waals surface area (Å²) in [6.07, 6.45) is 29.4. The molecule has 4 rings (SSSR count). The molecule has 4 aromatic carbocycles. The van der Waals surface area contributed by atoms with Gasteiger partial charge in [0.05, 0.1) is 33.0 Å². The van der Waals surface area contributed by atoms with Gasteiger partial charge in [0.15, 0.2) is 41.1 Å². The summed E-state index contributed by atoms with van der Waals surface area (Å²) in [5, 5.41) is 9.27. The quantitative estimate of drug-likeness (QED) is 0.0351. The second kappa shape index (κ2) is 33.4. The number of nitrogens with one attached hydrogen (secondary N) is 1. The van der Waals surface area contributed by atoms with E-state index in [1.807, 2.05) is 0 Å². The summed E-state index contributed by atoms with van der Waals surface area (Å²) in [7, 11) is 0. The molecule has 0 saturated heterocycles. The molecule has 1 amide bonds. The van der Waals surface area contributed by atoms with Gasteiger partial charge in [-0.25, -0.2) is 0 Å². The summed E-state index contributed by atoms with van der Waals surface area (Å²) in [6, 6.07) is 12.9. The van der Waals surface area contributed by atoms with Crippen LogP contribution in [0.4, 0.5) is 0 Å². The van der Waals surface area contributed by atoms with Crippen molar-refractivity contribution < 1.29 is 33.2 Å². The molecule has 0 aliphatic rings. The molecule has 370 valence electrons. The Labute approximate surface area is 400 Å². The number of hydrogen-bond donors (Lipinski definition) is 1. The predicted octanol–water partition coefficient (Wildman–Crippen LogP) is 16.8. The van der Waals surface area contributed by atoms with Gasteiger partial charge in [0.25, 0.3) is 5.91 Å². The first kappa shape index (κ1) is 54.5. The second-order valence-electron chi connectivity index (χ2n) is 18.5. The molecule has 0 fully saturated rings. The van der Waals surface area contributed by atoms with Gasteiger partial charge in [-0.3, -0.25) is 4.79 Å². The zero-order valence-electron chi connectivity index (χ0n) is 42.7. The van der Waals surface area contributed by atoms with E-state index in [1.165, 1.54) is 77.0 Å². The molecule has 1 N–H and O–H groups in total. The minimum atomic E-state index is -0.122. The first-order chi connectivity index (χ1) is 32.5. The maximum Gasteiger partial charge on any atom is 0.257 e. The lowest BCUT2D eigenvalue weighted by atomic mass is 9.93. The average molecular weight is 914 g/mol. The molecule has 0 atom stereocenters. The standard InChI is InChI=1S/C58H91NO7/c1-7-13-19-25-26-27-33-59-58(60)45-66-57-44-51-49-42-55(64-37-31-23-17-11-5)53(62-35-29-21-15-9-3)40-47(49)46-39-52(61-34-28-20-14-8-2)54(63-36-30-22-16-10-4)41-48(46)50(51)43-56(57)65-38-32-24-18-12-6/h39-44H,7-38,45H2,1-6H3,(H,59,60). The minimum absolute atomic E-state index is 0.0871. The fourth-order valence-corrected chi connectivity index (χ4v) is 8.58. The van der Waals surface area contributed by atoms with Gasteiger partial charge < -0.3 is 33.7 Å². The average Bonchev–Trinajstić information content (AvgIpc) is 3.32. The monoisotopic (exact) mass is 914 g/mol. The molecule has 0 radical (unpaired) electrons. The molecule has 0 saturated carbocycles. The Morgan fingerprint density at radius 1 is 0.318 bits per heavy atom. The maximum atomic E-state index is 13.2. The molecule has 8 nitrogen and oxygen atoms in total. The predicted molar refractivity (Wildman–Crippen MR) is 279 cm³/mol. The van der Waals surface area contributed by atoms with Crippen molar-refractivity contribution in [3.8, 4) is 34.5 Å². The van der Waals surface area contributed by atoms with Crippen LogP contribution in [-0.4, -0.2) is 52.1 Å². The van der Waals surface area contributed by atoms with E-state index in [2.05, 4.69) is 83.3 Å². The lowest BCUT2D eigenvalue weighted by Crippen LogP contribution is -2.29. The highest BCUT2D eigenvalue weighted by atomic mass is 16.5. The number of unbranched alkanes of at least 4 members (excludes halogenated alkanes) is 20. The third-order valence-electron chi connectivity index (χ3n) is 12.6. The Morgan fingerprint density at radius 3 is 0.818 bits per heavy atom. The molecule has 66 heavy (non-hydrogen) atoms. The topological polar surface area (TPSA) is 84.5 Å². The minimum Gasteiger partial charge on any atom is -0.490 e. The lowest BCUT2D eigenvalue weighted by Gasteiger charge is -2.21. The van der Waals surface area contributed by atoms with Crippen molar-refractivity contribution in [2.24, 2.45) is 0 Å². The van der Waals surface area contributed by atoms with Gasteiger partial charge >= 0.3 is 0 Å². The fraction of sp³-hybridized carbons (Fsp3) is 0.672. The number of fused-ring (bicyclic) bond motifs is 6. The number of carbonyl (C=O) groups excluding carboxylic acids is 1. The van der Waals surface area contributed by atoms with Crippen molar-refractivity contribution in [1.82, 2.24) is 5.32 Å². The molecule has 0 unspecified atom stereocenters. The Balaban J connectivity index is 1.90. The molecular formula is C58H91NO7. The van der Waals surface area contributed by atoms with Gasteiger partial charge in [-0.05, 0) is 107 Å². The van der Waals surface area contributed by atoms with E-state index in [-0.39, 0.29) is 12.5 Å². The highest BCUT2D eigenvalue weighted by Crippen LogP contribution is 2.47. The largest absolute Gasteiger partial charge is 0.490 e. The van der Waals surface area contributed by atoms with Crippen LogP contribution in [-0.2, 0) is 4.79 Å². The smallest absolute Gasteiger partial charge is 0.257 e. The van der Waals surface area contributed by atoms with E-state index in [0.29, 0.717) is 51.1 Å². The summed E-state index contributed by atoms with van der Waals surface area (Å²) >= 11 is 0. The number of benzene rings is 4. The van der Waals surface area contributed by atoms with Crippen LogP contribution < -0.4 is 33.7 Å². The Morgan fingerprint density at radius 2 is 0.545 bits per heavy atom. The Bertz CT molecular complexity index is 1890. The van der Waals surface area contributed by atoms with E-state index in [4.69, 9.17) is 28.4 Å². The van der Waals surface area contributed by atoms with Gasteiger partial charge in [0, 0.05) is 6.54 Å². The summed E-state index contributed by atoms with van der Waals surface area (Å²) < 4.78 is 39.7. The van der Waals surface area contributed by atoms with Crippen LogP contribution in [0.1, 0.15) is 208 Å². The van der Waals surface area contributed by atoms with Gasteiger partial charge in [-0.1, -0.05) is 170 Å². The van der Waals surface area contributed by atoms with E-state index >= 15 is 0 Å². The van der Waals surface area contributed by atoms with Gasteiger partial charge in [-0.15, -0.1) is 0 Å². The molecule has 0 aliphatic heterocycles. The number of rotatable bonds is 40. The summed E-state index contributed by atoms with van der Waals surface area (Å²) in [6.45, 7) is 17.0. The molecule has 0 heterocycles. The van der Waals surface area contributed by atoms with E-state index in [1.54, 1.807) is 0 Å². The van der Waals surface area contributed by atoms with Crippen LogP contribution in [0, 0.1) is 0 Å². The zero-order chi connectivity index (χ0) is 47.0. The van der Waals surface area contributed by atoms with Gasteiger partial charge in [0.1, 0.15) is 0 Å². The fourth-order valence-electron chi connectivity index (χ4n) is 8.58. The molecule has 0 aromatic heterocycles. The normalized spacial score (nSPS) is 11.4. The van der Waals surface area contributed by atoms with Crippen LogP contribution in [0.5, 0.6) is 34.5 Å². The number of hydrogen-bond acceptors (Lipinski definition) is 7. The summed E-state index contributed by atoms with van der Waals surface area (Å²) in [5.41, 5.74) is 0. The van der Waals surface area contributed by atoms with Crippen molar-refractivity contribution in [3.05, 3.63) is 36.4 Å². The Kier molecular flexibility index (Phi) is 27.6. The SMILES string of the molecule is CCCCCCCCNC(=O)COc1cc2c3cc(OCCCCCC)c(OCCCCCC)cc3c3cc(OCCCCCC)c(OCCCCCC)cc3c2cc1OCCCCCC. The first-order valence-electron chi connectivity index (χ1n) is 27.1. The summed E-state index contributed by atoms with van der Waals surface area (Å²) in [5.74, 6) is 4.13. The van der Waals surface area contributed by atoms with Crippen LogP contribution >= 0.6 is 0 Å². The highest BCUT2D eigenvalue weighted by Gasteiger charge is 2.21. The van der Waals surface area contributed by atoms with Crippen LogP contribution in [0.15, 0.2) is 36.4 Å². The second-order valence-corrected chi connectivity index (χ2v) is 18.5.